The summed E-state index contributed by atoms with van der Waals surface area (Å²) in [7, 11) is 3.32. The molecular weight excluding hydrogens is 520 g/mol. The molecule has 0 aliphatic carbocycles. The number of hydrogen-bond acceptors (Lipinski definition) is 5. The van der Waals surface area contributed by atoms with E-state index in [0.717, 1.165) is 45.8 Å². The van der Waals surface area contributed by atoms with Crippen molar-refractivity contribution in [3.8, 4) is 28.7 Å². The molecule has 1 N–H and O–H groups in total. The number of hydrogen-bond donors (Lipinski definition) is 1. The van der Waals surface area contributed by atoms with Gasteiger partial charge in [-0.2, -0.15) is 0 Å². The smallest absolute Gasteiger partial charge is 0.174 e. The summed E-state index contributed by atoms with van der Waals surface area (Å²) in [6.07, 6.45) is 3.87. The number of benzene rings is 3. The Morgan fingerprint density at radius 3 is 2.15 bits per heavy atom. The molecule has 0 unspecified atom stereocenters. The Bertz CT molecular complexity index is 1600. The highest BCUT2D eigenvalue weighted by atomic mass is 32.1. The molecule has 40 heavy (non-hydrogen) atoms. The van der Waals surface area contributed by atoms with Crippen molar-refractivity contribution in [2.24, 2.45) is 0 Å². The van der Waals surface area contributed by atoms with Crippen molar-refractivity contribution in [1.82, 2.24) is 14.9 Å². The van der Waals surface area contributed by atoms with Gasteiger partial charge in [-0.05, 0) is 97.1 Å². The fourth-order valence-electron chi connectivity index (χ4n) is 5.02. The van der Waals surface area contributed by atoms with Crippen molar-refractivity contribution in [3.05, 3.63) is 127 Å². The number of nitrogens with zero attached hydrogens (tertiary/aromatic N) is 3. The van der Waals surface area contributed by atoms with E-state index in [9.17, 15) is 0 Å². The van der Waals surface area contributed by atoms with Crippen LogP contribution in [0, 0.1) is 0 Å². The first-order chi connectivity index (χ1) is 19.6. The van der Waals surface area contributed by atoms with Crippen molar-refractivity contribution in [1.29, 1.82) is 0 Å². The normalized spacial score (nSPS) is 16.4. The highest BCUT2D eigenvalue weighted by Crippen LogP contribution is 2.43. The SMILES string of the molecule is COc1ccc(Oc2ccc(N3C(=S)N[C@H](c4ccccn4)[C@@H]3c3cccn3-c3cccc(OC)c3)cc2)cc1. The van der Waals surface area contributed by atoms with Gasteiger partial charge < -0.3 is 29.0 Å². The molecule has 0 bridgehead atoms. The standard InChI is InChI=1S/C32H28N4O3S/c1-37-24-15-17-26(18-16-24)39-25-13-11-22(12-14-25)36-31(30(34-32(36)40)28-9-3-4-19-33-28)29-10-6-20-35(29)23-7-5-8-27(21-23)38-2/h3-21,30-31H,1-2H3,(H,34,40)/t30-,31+/m1/s1. The topological polar surface area (TPSA) is 60.8 Å². The zero-order valence-electron chi connectivity index (χ0n) is 22.1. The molecule has 200 valence electrons. The van der Waals surface area contributed by atoms with Gasteiger partial charge in [-0.3, -0.25) is 4.98 Å². The van der Waals surface area contributed by atoms with E-state index >= 15 is 0 Å². The van der Waals surface area contributed by atoms with Gasteiger partial charge in [0, 0.05) is 35.5 Å². The lowest BCUT2D eigenvalue weighted by atomic mass is 10.0. The quantitative estimate of drug-likeness (QED) is 0.213. The van der Waals surface area contributed by atoms with Crippen LogP contribution in [0.1, 0.15) is 23.5 Å². The van der Waals surface area contributed by atoms with Gasteiger partial charge in [-0.15, -0.1) is 0 Å². The van der Waals surface area contributed by atoms with Gasteiger partial charge in [-0.25, -0.2) is 0 Å². The number of nitrogens with one attached hydrogen (secondary N) is 1. The molecule has 1 aliphatic rings. The lowest BCUT2D eigenvalue weighted by Crippen LogP contribution is -2.30. The van der Waals surface area contributed by atoms with Gasteiger partial charge >= 0.3 is 0 Å². The van der Waals surface area contributed by atoms with Gasteiger partial charge in [0.15, 0.2) is 5.11 Å². The maximum absolute atomic E-state index is 6.06. The summed E-state index contributed by atoms with van der Waals surface area (Å²) >= 11 is 5.93. The third-order valence-corrected chi connectivity index (χ3v) is 7.24. The zero-order valence-corrected chi connectivity index (χ0v) is 22.9. The Hall–Kier alpha value is -4.82. The first-order valence-electron chi connectivity index (χ1n) is 12.9. The van der Waals surface area contributed by atoms with Crippen LogP contribution in [0.2, 0.25) is 0 Å². The van der Waals surface area contributed by atoms with Crippen molar-refractivity contribution in [3.63, 3.8) is 0 Å². The molecule has 5 aromatic rings. The number of methoxy groups -OCH3 is 2. The summed E-state index contributed by atoms with van der Waals surface area (Å²) in [5, 5.41) is 4.16. The molecule has 0 spiro atoms. The summed E-state index contributed by atoms with van der Waals surface area (Å²) in [5.41, 5.74) is 3.92. The molecule has 3 aromatic carbocycles. The third kappa shape index (κ3) is 4.97. The molecule has 1 aliphatic heterocycles. The van der Waals surface area contributed by atoms with E-state index in [1.165, 1.54) is 0 Å². The molecule has 0 amide bonds. The monoisotopic (exact) mass is 548 g/mol. The van der Waals surface area contributed by atoms with E-state index in [4.69, 9.17) is 26.4 Å². The minimum atomic E-state index is -0.169. The van der Waals surface area contributed by atoms with Crippen LogP contribution in [0.4, 0.5) is 5.69 Å². The lowest BCUT2D eigenvalue weighted by Gasteiger charge is -2.29. The molecular formula is C32H28N4O3S. The second kappa shape index (κ2) is 11.1. The molecule has 0 radical (unpaired) electrons. The van der Waals surface area contributed by atoms with E-state index in [0.29, 0.717) is 5.11 Å². The average molecular weight is 549 g/mol. The summed E-state index contributed by atoms with van der Waals surface area (Å²) in [4.78, 5) is 6.83. The number of thiocarbonyl (C=S) groups is 1. The van der Waals surface area contributed by atoms with Gasteiger partial charge in [0.2, 0.25) is 0 Å². The highest BCUT2D eigenvalue weighted by molar-refractivity contribution is 7.80. The fraction of sp³-hybridized carbons (Fsp3) is 0.125. The molecule has 3 heterocycles. The number of pyridine rings is 1. The van der Waals surface area contributed by atoms with Crippen molar-refractivity contribution in [2.75, 3.05) is 19.1 Å². The molecule has 1 fully saturated rings. The first-order valence-corrected chi connectivity index (χ1v) is 13.3. The second-order valence-corrected chi connectivity index (χ2v) is 9.66. The summed E-state index contributed by atoms with van der Waals surface area (Å²) in [6.45, 7) is 0. The van der Waals surface area contributed by atoms with Crippen LogP contribution in [0.3, 0.4) is 0 Å². The van der Waals surface area contributed by atoms with Crippen LogP contribution in [0.15, 0.2) is 116 Å². The van der Waals surface area contributed by atoms with Crippen molar-refractivity contribution >= 4 is 23.0 Å². The van der Waals surface area contributed by atoms with E-state index in [1.54, 1.807) is 14.2 Å². The van der Waals surface area contributed by atoms with E-state index in [-0.39, 0.29) is 12.1 Å². The average Bonchev–Trinajstić information content (AvgIpc) is 3.63. The molecule has 8 heteroatoms. The summed E-state index contributed by atoms with van der Waals surface area (Å²) in [5.74, 6) is 3.04. The predicted molar refractivity (Wildman–Crippen MR) is 160 cm³/mol. The molecule has 6 rings (SSSR count). The minimum absolute atomic E-state index is 0.164. The number of anilines is 1. The molecule has 7 nitrogen and oxygen atoms in total. The maximum atomic E-state index is 6.06. The van der Waals surface area contributed by atoms with Crippen LogP contribution in [-0.2, 0) is 0 Å². The lowest BCUT2D eigenvalue weighted by molar-refractivity contribution is 0.413. The van der Waals surface area contributed by atoms with Crippen LogP contribution in [-0.4, -0.2) is 28.9 Å². The van der Waals surface area contributed by atoms with Gasteiger partial charge in [0.1, 0.15) is 29.0 Å². The Balaban J connectivity index is 1.37. The largest absolute Gasteiger partial charge is 0.497 e. The highest BCUT2D eigenvalue weighted by Gasteiger charge is 2.42. The first kappa shape index (κ1) is 25.5. The second-order valence-electron chi connectivity index (χ2n) is 9.27. The Kier molecular flexibility index (Phi) is 7.08. The number of aromatic nitrogens is 2. The number of rotatable bonds is 8. The minimum Gasteiger partial charge on any atom is -0.497 e. The van der Waals surface area contributed by atoms with Crippen molar-refractivity contribution < 1.29 is 14.2 Å². The molecule has 2 atom stereocenters. The Morgan fingerprint density at radius 1 is 0.725 bits per heavy atom. The number of ether oxygens (including phenoxy) is 3. The van der Waals surface area contributed by atoms with Crippen LogP contribution >= 0.6 is 12.2 Å². The summed E-state index contributed by atoms with van der Waals surface area (Å²) in [6, 6.07) is 33.3. The van der Waals surface area contributed by atoms with Gasteiger partial charge in [0.25, 0.3) is 0 Å². The molecule has 1 saturated heterocycles. The van der Waals surface area contributed by atoms with E-state index < -0.39 is 0 Å². The van der Waals surface area contributed by atoms with E-state index in [1.807, 2.05) is 91.1 Å². The Morgan fingerprint density at radius 2 is 1.45 bits per heavy atom. The fourth-order valence-corrected chi connectivity index (χ4v) is 5.36. The zero-order chi connectivity index (χ0) is 27.5. The van der Waals surface area contributed by atoms with E-state index in [2.05, 4.69) is 44.2 Å². The maximum Gasteiger partial charge on any atom is 0.174 e. The van der Waals surface area contributed by atoms with Crippen LogP contribution in [0.25, 0.3) is 5.69 Å². The van der Waals surface area contributed by atoms with Gasteiger partial charge in [0.05, 0.1) is 26.0 Å². The molecule has 0 saturated carbocycles. The summed E-state index contributed by atoms with van der Waals surface area (Å²) < 4.78 is 19.0. The van der Waals surface area contributed by atoms with Crippen LogP contribution in [0.5, 0.6) is 23.0 Å². The van der Waals surface area contributed by atoms with Crippen molar-refractivity contribution in [2.45, 2.75) is 12.1 Å². The predicted octanol–water partition coefficient (Wildman–Crippen LogP) is 6.86. The Labute approximate surface area is 238 Å². The third-order valence-electron chi connectivity index (χ3n) is 6.92. The van der Waals surface area contributed by atoms with Gasteiger partial charge in [-0.1, -0.05) is 12.1 Å². The van der Waals surface area contributed by atoms with Crippen LogP contribution < -0.4 is 24.4 Å². The molecule has 2 aromatic heterocycles.